The normalized spacial score (nSPS) is 14.8. The van der Waals surface area contributed by atoms with Crippen LogP contribution in [0.3, 0.4) is 0 Å². The predicted octanol–water partition coefficient (Wildman–Crippen LogP) is 5.57. The Balaban J connectivity index is 1.63. The van der Waals surface area contributed by atoms with Gasteiger partial charge in [0.1, 0.15) is 0 Å². The molecule has 28 heavy (non-hydrogen) atoms. The lowest BCUT2D eigenvalue weighted by Crippen LogP contribution is -2.16. The minimum absolute atomic E-state index is 0.0616. The van der Waals surface area contributed by atoms with Gasteiger partial charge in [0.05, 0.1) is 10.7 Å². The van der Waals surface area contributed by atoms with E-state index in [2.05, 4.69) is 54.3 Å². The Labute approximate surface area is 167 Å². The monoisotopic (exact) mass is 389 g/mol. The van der Waals surface area contributed by atoms with Crippen molar-refractivity contribution < 1.29 is 14.6 Å². The van der Waals surface area contributed by atoms with E-state index in [1.165, 1.54) is 27.4 Å². The molecule has 5 heteroatoms. The topological polar surface area (TPSA) is 49.8 Å². The summed E-state index contributed by atoms with van der Waals surface area (Å²) < 4.78 is 4.78. The number of carbonyl (C=O) groups excluding carboxylic acids is 1. The number of carbonyl (C=O) groups is 1. The number of rotatable bonds is 5. The van der Waals surface area contributed by atoms with Crippen molar-refractivity contribution in [3.8, 4) is 11.5 Å². The van der Waals surface area contributed by atoms with Crippen LogP contribution in [0.2, 0.25) is 0 Å². The minimum atomic E-state index is -0.0616. The molecule has 4 nitrogen and oxygen atoms in total. The highest BCUT2D eigenvalue weighted by atomic mass is 32.2. The first-order chi connectivity index (χ1) is 13.7. The van der Waals surface area contributed by atoms with Crippen LogP contribution in [0.25, 0.3) is 16.8 Å². The summed E-state index contributed by atoms with van der Waals surface area (Å²) in [6, 6.07) is 17.7. The molecular formula is C23H19NO3S. The van der Waals surface area contributed by atoms with Gasteiger partial charge in [-0.15, -0.1) is 0 Å². The average molecular weight is 389 g/mol. The van der Waals surface area contributed by atoms with E-state index < -0.39 is 0 Å². The third-order valence-electron chi connectivity index (χ3n) is 4.62. The molecule has 3 aromatic rings. The highest BCUT2D eigenvalue weighted by Gasteiger charge is 2.25. The van der Waals surface area contributed by atoms with Crippen molar-refractivity contribution in [2.75, 3.05) is 11.4 Å². The van der Waals surface area contributed by atoms with Crippen LogP contribution in [0.15, 0.2) is 76.7 Å². The third-order valence-corrected chi connectivity index (χ3v) is 5.82. The molecule has 4 rings (SSSR count). The molecular weight excluding hydrogens is 370 g/mol. The quantitative estimate of drug-likeness (QED) is 0.578. The van der Waals surface area contributed by atoms with Crippen LogP contribution in [-0.4, -0.2) is 18.1 Å². The van der Waals surface area contributed by atoms with Gasteiger partial charge in [0.2, 0.25) is 0 Å². The molecule has 0 unspecified atom stereocenters. The maximum absolute atomic E-state index is 10.5. The van der Waals surface area contributed by atoms with Crippen molar-refractivity contribution in [3.63, 3.8) is 0 Å². The molecule has 1 N–H and O–H groups in total. The van der Waals surface area contributed by atoms with Crippen molar-refractivity contribution >= 4 is 40.8 Å². The van der Waals surface area contributed by atoms with Gasteiger partial charge in [-0.05, 0) is 47.5 Å². The standard InChI is InChI=1S/C23H19NO3S/c1-2-24-19-12-11-17-7-3-4-8-18(17)23(19)28-22(24)9-5-6-16-10-13-20(26)21(14-16)27-15-25/h3-15,26H,2H2,1H3. The molecule has 3 aromatic carbocycles. The van der Waals surface area contributed by atoms with Gasteiger partial charge in [0.15, 0.2) is 11.5 Å². The molecule has 0 fully saturated rings. The number of aromatic hydroxyl groups is 1. The van der Waals surface area contributed by atoms with Gasteiger partial charge in [0, 0.05) is 11.4 Å². The Morgan fingerprint density at radius 2 is 2.00 bits per heavy atom. The van der Waals surface area contributed by atoms with E-state index in [-0.39, 0.29) is 11.5 Å². The molecule has 140 valence electrons. The summed E-state index contributed by atoms with van der Waals surface area (Å²) in [5.74, 6) is 0.0857. The van der Waals surface area contributed by atoms with E-state index in [4.69, 9.17) is 4.74 Å². The summed E-state index contributed by atoms with van der Waals surface area (Å²) in [7, 11) is 0. The summed E-state index contributed by atoms with van der Waals surface area (Å²) in [5, 5.41) is 13.4. The highest BCUT2D eigenvalue weighted by molar-refractivity contribution is 8.04. The van der Waals surface area contributed by atoms with Crippen LogP contribution < -0.4 is 9.64 Å². The number of phenolic OH excluding ortho intramolecular Hbond substituents is 1. The second kappa shape index (κ2) is 7.82. The fourth-order valence-corrected chi connectivity index (χ4v) is 4.57. The Morgan fingerprint density at radius 1 is 1.14 bits per heavy atom. The lowest BCUT2D eigenvalue weighted by molar-refractivity contribution is -0.120. The average Bonchev–Trinajstić information content (AvgIpc) is 3.08. The van der Waals surface area contributed by atoms with E-state index in [0.29, 0.717) is 6.47 Å². The molecule has 0 aromatic heterocycles. The van der Waals surface area contributed by atoms with Crippen molar-refractivity contribution in [2.24, 2.45) is 0 Å². The number of benzene rings is 3. The lowest BCUT2D eigenvalue weighted by Gasteiger charge is -2.17. The van der Waals surface area contributed by atoms with Gasteiger partial charge in [-0.3, -0.25) is 4.79 Å². The highest BCUT2D eigenvalue weighted by Crippen LogP contribution is 2.49. The van der Waals surface area contributed by atoms with Crippen LogP contribution in [0.4, 0.5) is 5.69 Å². The molecule has 0 amide bonds. The molecule has 0 aliphatic carbocycles. The van der Waals surface area contributed by atoms with Crippen LogP contribution >= 0.6 is 11.8 Å². The van der Waals surface area contributed by atoms with E-state index in [9.17, 15) is 9.90 Å². The van der Waals surface area contributed by atoms with Crippen LogP contribution in [0.1, 0.15) is 12.5 Å². The van der Waals surface area contributed by atoms with Crippen LogP contribution in [0.5, 0.6) is 11.5 Å². The summed E-state index contributed by atoms with van der Waals surface area (Å²) in [5.41, 5.74) is 2.07. The van der Waals surface area contributed by atoms with Gasteiger partial charge >= 0.3 is 0 Å². The number of phenols is 1. The fourth-order valence-electron chi connectivity index (χ4n) is 3.30. The molecule has 0 spiro atoms. The molecule has 0 saturated carbocycles. The summed E-state index contributed by atoms with van der Waals surface area (Å²) in [6.45, 7) is 3.33. The number of ether oxygens (including phenoxy) is 1. The molecule has 1 heterocycles. The molecule has 1 aliphatic rings. The SMILES string of the molecule is CCN1C(=CC=Cc2ccc(O)c(OC=O)c2)Sc2c1ccc1ccccc21. The van der Waals surface area contributed by atoms with E-state index in [1.807, 2.05) is 12.2 Å². The Morgan fingerprint density at radius 3 is 2.82 bits per heavy atom. The first-order valence-electron chi connectivity index (χ1n) is 9.00. The van der Waals surface area contributed by atoms with Crippen molar-refractivity contribution in [1.29, 1.82) is 0 Å². The van der Waals surface area contributed by atoms with E-state index in [0.717, 1.165) is 17.1 Å². The number of hydrogen-bond acceptors (Lipinski definition) is 5. The molecule has 0 bridgehead atoms. The third kappa shape index (κ3) is 3.37. The Kier molecular flexibility index (Phi) is 5.08. The van der Waals surface area contributed by atoms with Gasteiger partial charge < -0.3 is 14.7 Å². The van der Waals surface area contributed by atoms with E-state index >= 15 is 0 Å². The molecule has 0 atom stereocenters. The lowest BCUT2D eigenvalue weighted by atomic mass is 10.1. The zero-order chi connectivity index (χ0) is 19.5. The fraction of sp³-hybridized carbons (Fsp3) is 0.0870. The van der Waals surface area contributed by atoms with Crippen molar-refractivity contribution in [2.45, 2.75) is 11.8 Å². The van der Waals surface area contributed by atoms with Gasteiger partial charge in [-0.25, -0.2) is 0 Å². The number of fused-ring (bicyclic) bond motifs is 3. The maximum Gasteiger partial charge on any atom is 0.298 e. The number of hydrogen-bond donors (Lipinski definition) is 1. The van der Waals surface area contributed by atoms with E-state index in [1.54, 1.807) is 23.9 Å². The van der Waals surface area contributed by atoms with Gasteiger partial charge in [-0.1, -0.05) is 60.3 Å². The second-order valence-corrected chi connectivity index (χ2v) is 7.32. The summed E-state index contributed by atoms with van der Waals surface area (Å²) in [4.78, 5) is 14.1. The zero-order valence-corrected chi connectivity index (χ0v) is 16.1. The predicted molar refractivity (Wildman–Crippen MR) is 115 cm³/mol. The van der Waals surface area contributed by atoms with Crippen molar-refractivity contribution in [1.82, 2.24) is 0 Å². The number of thioether (sulfide) groups is 1. The largest absolute Gasteiger partial charge is 0.504 e. The number of anilines is 1. The van der Waals surface area contributed by atoms with Crippen molar-refractivity contribution in [3.05, 3.63) is 77.3 Å². The first kappa shape index (κ1) is 18.2. The number of nitrogens with zero attached hydrogens (tertiary/aromatic N) is 1. The molecule has 0 radical (unpaired) electrons. The van der Waals surface area contributed by atoms with Crippen LogP contribution in [-0.2, 0) is 4.79 Å². The summed E-state index contributed by atoms with van der Waals surface area (Å²) >= 11 is 1.77. The van der Waals surface area contributed by atoms with Gasteiger partial charge in [0.25, 0.3) is 6.47 Å². The Bertz CT molecular complexity index is 1100. The zero-order valence-electron chi connectivity index (χ0n) is 15.3. The smallest absolute Gasteiger partial charge is 0.298 e. The first-order valence-corrected chi connectivity index (χ1v) is 9.81. The molecule has 1 aliphatic heterocycles. The maximum atomic E-state index is 10.5. The van der Waals surface area contributed by atoms with Gasteiger partial charge in [-0.2, -0.15) is 0 Å². The van der Waals surface area contributed by atoms with Crippen LogP contribution in [0, 0.1) is 0 Å². The molecule has 0 saturated heterocycles. The Hall–Kier alpha value is -3.18. The minimum Gasteiger partial charge on any atom is -0.504 e. The number of allylic oxidation sites excluding steroid dienone is 2. The summed E-state index contributed by atoms with van der Waals surface area (Å²) in [6.07, 6.45) is 5.96. The second-order valence-electron chi connectivity index (χ2n) is 6.29.